The van der Waals surface area contributed by atoms with Gasteiger partial charge in [0.2, 0.25) is 0 Å². The van der Waals surface area contributed by atoms with Crippen LogP contribution in [-0.4, -0.2) is 48.1 Å². The Balaban J connectivity index is 3.25. The topological polar surface area (TPSA) is 183 Å². The number of rotatable bonds is 5. The first-order valence-electron chi connectivity index (χ1n) is 6.53. The largest absolute Gasteiger partial charge is 0.478 e. The number of hydrogen-bond donors (Lipinski definition) is 4. The highest BCUT2D eigenvalue weighted by Gasteiger charge is 2.35. The molecular formula is C14H10O10S2. The van der Waals surface area contributed by atoms with Gasteiger partial charge in [0.15, 0.2) is 0 Å². The molecule has 0 saturated carbocycles. The van der Waals surface area contributed by atoms with E-state index in [1.165, 1.54) is 30.3 Å². The second-order valence-electron chi connectivity index (χ2n) is 4.92. The highest BCUT2D eigenvalue weighted by atomic mass is 32.2. The summed E-state index contributed by atoms with van der Waals surface area (Å²) < 4.78 is 65.0. The second kappa shape index (κ2) is 6.49. The number of benzene rings is 2. The van der Waals surface area contributed by atoms with Crippen LogP contribution in [-0.2, 0) is 20.2 Å². The van der Waals surface area contributed by atoms with Crippen LogP contribution in [0.3, 0.4) is 0 Å². The van der Waals surface area contributed by atoms with E-state index >= 15 is 0 Å². The number of aromatic carboxylic acids is 2. The Labute approximate surface area is 146 Å². The molecule has 0 heterocycles. The lowest BCUT2D eigenvalue weighted by Crippen LogP contribution is -2.19. The summed E-state index contributed by atoms with van der Waals surface area (Å²) in [5.41, 5.74) is -3.40. The molecule has 2 aromatic rings. The standard InChI is InChI=1S/C14H10O10S2/c15-13(16)11-9(26(22,23)24)6-8(25(19,20)21)10(12(11)14(17)18)7-4-2-1-3-5-7/h1-6H,(H,15,16)(H,17,18)(H,19,20,21)(H,22,23,24). The Kier molecular flexibility index (Phi) is 4.88. The van der Waals surface area contributed by atoms with Crippen molar-refractivity contribution in [2.75, 3.05) is 0 Å². The van der Waals surface area contributed by atoms with Crippen molar-refractivity contribution in [3.05, 3.63) is 47.5 Å². The molecule has 4 N–H and O–H groups in total. The molecule has 0 saturated heterocycles. The van der Waals surface area contributed by atoms with E-state index < -0.39 is 58.7 Å². The van der Waals surface area contributed by atoms with Crippen LogP contribution in [0.1, 0.15) is 20.7 Å². The minimum absolute atomic E-state index is 0.109. The highest BCUT2D eigenvalue weighted by Crippen LogP contribution is 2.37. The van der Waals surface area contributed by atoms with Crippen LogP contribution in [0.2, 0.25) is 0 Å². The van der Waals surface area contributed by atoms with Crippen LogP contribution >= 0.6 is 0 Å². The summed E-state index contributed by atoms with van der Waals surface area (Å²) in [6.07, 6.45) is 0. The molecule has 2 rings (SSSR count). The minimum atomic E-state index is -5.34. The molecular weight excluding hydrogens is 392 g/mol. The van der Waals surface area contributed by atoms with Gasteiger partial charge in [0.25, 0.3) is 20.2 Å². The summed E-state index contributed by atoms with van der Waals surface area (Å²) in [6.45, 7) is 0. The molecule has 26 heavy (non-hydrogen) atoms. The van der Waals surface area contributed by atoms with E-state index in [-0.39, 0.29) is 11.6 Å². The van der Waals surface area contributed by atoms with Gasteiger partial charge in [-0.25, -0.2) is 9.59 Å². The first kappa shape index (κ1) is 19.5. The first-order chi connectivity index (χ1) is 11.9. The maximum Gasteiger partial charge on any atom is 0.338 e. The molecule has 0 bridgehead atoms. The molecule has 0 aliphatic heterocycles. The number of hydrogen-bond acceptors (Lipinski definition) is 6. The summed E-state index contributed by atoms with van der Waals surface area (Å²) in [4.78, 5) is 20.5. The van der Waals surface area contributed by atoms with E-state index in [9.17, 15) is 45.7 Å². The van der Waals surface area contributed by atoms with Crippen LogP contribution in [0.5, 0.6) is 0 Å². The average molecular weight is 402 g/mol. The fraction of sp³-hybridized carbons (Fsp3) is 0. The summed E-state index contributed by atoms with van der Waals surface area (Å²) in [5.74, 6) is -4.01. The van der Waals surface area contributed by atoms with Crippen molar-refractivity contribution >= 4 is 32.2 Å². The zero-order valence-electron chi connectivity index (χ0n) is 12.5. The third-order valence-electron chi connectivity index (χ3n) is 3.30. The van der Waals surface area contributed by atoms with Crippen LogP contribution in [0.4, 0.5) is 0 Å². The first-order valence-corrected chi connectivity index (χ1v) is 9.41. The monoisotopic (exact) mass is 402 g/mol. The molecule has 12 heteroatoms. The van der Waals surface area contributed by atoms with E-state index in [0.717, 1.165) is 0 Å². The number of carboxylic acid groups (broad SMARTS) is 2. The van der Waals surface area contributed by atoms with E-state index in [4.69, 9.17) is 0 Å². The van der Waals surface area contributed by atoms with Crippen molar-refractivity contribution in [2.45, 2.75) is 9.79 Å². The van der Waals surface area contributed by atoms with Crippen LogP contribution < -0.4 is 0 Å². The SMILES string of the molecule is O=C(O)c1c(S(=O)(=O)O)cc(S(=O)(=O)O)c(-c2ccccc2)c1C(=O)O. The minimum Gasteiger partial charge on any atom is -0.478 e. The van der Waals surface area contributed by atoms with Crippen molar-refractivity contribution in [3.8, 4) is 11.1 Å². The molecule has 0 aliphatic carbocycles. The van der Waals surface area contributed by atoms with E-state index in [0.29, 0.717) is 0 Å². The molecule has 0 spiro atoms. The van der Waals surface area contributed by atoms with E-state index in [1.54, 1.807) is 0 Å². The van der Waals surface area contributed by atoms with Crippen molar-refractivity contribution < 1.29 is 45.7 Å². The van der Waals surface area contributed by atoms with Crippen LogP contribution in [0, 0.1) is 0 Å². The molecule has 0 fully saturated rings. The average Bonchev–Trinajstić information content (AvgIpc) is 2.51. The summed E-state index contributed by atoms with van der Waals surface area (Å²) >= 11 is 0. The van der Waals surface area contributed by atoms with Gasteiger partial charge in [0.1, 0.15) is 9.79 Å². The highest BCUT2D eigenvalue weighted by molar-refractivity contribution is 7.86. The predicted octanol–water partition coefficient (Wildman–Crippen LogP) is 1.24. The van der Waals surface area contributed by atoms with E-state index in [1.807, 2.05) is 0 Å². The number of carbonyl (C=O) groups is 2. The van der Waals surface area contributed by atoms with E-state index in [2.05, 4.69) is 0 Å². The Hall–Kier alpha value is -2.80. The molecule has 138 valence electrons. The Morgan fingerprint density at radius 1 is 0.731 bits per heavy atom. The lowest BCUT2D eigenvalue weighted by Gasteiger charge is -2.16. The molecule has 2 aromatic carbocycles. The molecule has 0 radical (unpaired) electrons. The second-order valence-corrected chi connectivity index (χ2v) is 7.70. The quantitative estimate of drug-likeness (QED) is 0.531. The molecule has 0 unspecified atom stereocenters. The zero-order chi connectivity index (χ0) is 19.9. The lowest BCUT2D eigenvalue weighted by atomic mass is 9.95. The van der Waals surface area contributed by atoms with Gasteiger partial charge in [-0.05, 0) is 11.6 Å². The molecule has 0 aromatic heterocycles. The molecule has 0 amide bonds. The zero-order valence-corrected chi connectivity index (χ0v) is 14.2. The molecule has 0 atom stereocenters. The molecule has 0 aliphatic rings. The molecule has 10 nitrogen and oxygen atoms in total. The van der Waals surface area contributed by atoms with Crippen molar-refractivity contribution in [2.24, 2.45) is 0 Å². The fourth-order valence-electron chi connectivity index (χ4n) is 2.36. The van der Waals surface area contributed by atoms with Gasteiger partial charge in [0, 0.05) is 5.56 Å². The summed E-state index contributed by atoms with van der Waals surface area (Å²) in [7, 11) is -10.5. The van der Waals surface area contributed by atoms with Gasteiger partial charge in [-0.15, -0.1) is 0 Å². The maximum absolute atomic E-state index is 11.7. The predicted molar refractivity (Wildman–Crippen MR) is 85.4 cm³/mol. The van der Waals surface area contributed by atoms with Crippen LogP contribution in [0.15, 0.2) is 46.2 Å². The third kappa shape index (κ3) is 3.57. The van der Waals surface area contributed by atoms with Gasteiger partial charge in [-0.1, -0.05) is 30.3 Å². The smallest absolute Gasteiger partial charge is 0.338 e. The Morgan fingerprint density at radius 3 is 1.58 bits per heavy atom. The van der Waals surface area contributed by atoms with Gasteiger partial charge in [-0.3, -0.25) is 9.11 Å². The summed E-state index contributed by atoms with van der Waals surface area (Å²) in [5, 5.41) is 18.7. The third-order valence-corrected chi connectivity index (χ3v) is 5.06. The van der Waals surface area contributed by atoms with Crippen molar-refractivity contribution in [1.82, 2.24) is 0 Å². The Bertz CT molecular complexity index is 1120. The van der Waals surface area contributed by atoms with Gasteiger partial charge >= 0.3 is 11.9 Å². The normalized spacial score (nSPS) is 11.9. The van der Waals surface area contributed by atoms with Gasteiger partial charge < -0.3 is 10.2 Å². The fourth-order valence-corrected chi connectivity index (χ4v) is 3.89. The van der Waals surface area contributed by atoms with Crippen molar-refractivity contribution in [3.63, 3.8) is 0 Å². The van der Waals surface area contributed by atoms with Gasteiger partial charge in [0.05, 0.1) is 11.1 Å². The maximum atomic E-state index is 11.7. The number of carboxylic acids is 2. The Morgan fingerprint density at radius 2 is 1.19 bits per heavy atom. The van der Waals surface area contributed by atoms with Crippen LogP contribution in [0.25, 0.3) is 11.1 Å². The van der Waals surface area contributed by atoms with Gasteiger partial charge in [-0.2, -0.15) is 16.8 Å². The summed E-state index contributed by atoms with van der Waals surface area (Å²) in [6, 6.07) is 6.92. The lowest BCUT2D eigenvalue weighted by molar-refractivity contribution is 0.0648. The van der Waals surface area contributed by atoms with Crippen molar-refractivity contribution in [1.29, 1.82) is 0 Å².